The lowest BCUT2D eigenvalue weighted by Crippen LogP contribution is -2.52. The van der Waals surface area contributed by atoms with Gasteiger partial charge in [-0.2, -0.15) is 8.78 Å². The molecule has 0 aliphatic carbocycles. The van der Waals surface area contributed by atoms with E-state index in [0.717, 1.165) is 5.56 Å². The molecule has 1 atom stereocenters. The van der Waals surface area contributed by atoms with Crippen LogP contribution in [0.5, 0.6) is 0 Å². The summed E-state index contributed by atoms with van der Waals surface area (Å²) in [7, 11) is 0. The molecule has 0 amide bonds. The number of rotatable bonds is 7. The Hall–Kier alpha value is -0.690. The Kier molecular flexibility index (Phi) is 5.37. The number of hydrogen-bond acceptors (Lipinski definition) is 4. The zero-order valence-electron chi connectivity index (χ0n) is 11.3. The molecule has 1 aliphatic rings. The van der Waals surface area contributed by atoms with Crippen LogP contribution in [0.15, 0.2) is 29.2 Å². The van der Waals surface area contributed by atoms with Crippen molar-refractivity contribution < 1.29 is 18.6 Å². The van der Waals surface area contributed by atoms with Gasteiger partial charge in [-0.1, -0.05) is 23.9 Å². The molecule has 112 valence electrons. The number of thioether (sulfide) groups is 1. The van der Waals surface area contributed by atoms with Crippen molar-refractivity contribution in [1.82, 2.24) is 5.32 Å². The van der Waals surface area contributed by atoms with Crippen molar-refractivity contribution in [2.24, 2.45) is 5.41 Å². The minimum absolute atomic E-state index is 0.102. The number of benzene rings is 1. The van der Waals surface area contributed by atoms with E-state index in [0.29, 0.717) is 36.4 Å². The van der Waals surface area contributed by atoms with E-state index in [1.54, 1.807) is 12.1 Å². The number of halogens is 2. The van der Waals surface area contributed by atoms with Crippen molar-refractivity contribution >= 4 is 11.8 Å². The lowest BCUT2D eigenvalue weighted by Gasteiger charge is -2.40. The standard InChI is InChI=1S/C14H19F2NO2S/c1-10(17-6-14(7-18)8-19-9-14)11-2-4-12(5-3-11)20-13(15)16/h2-5,10,13,17-18H,6-9H2,1H3. The first-order chi connectivity index (χ1) is 9.54. The highest BCUT2D eigenvalue weighted by atomic mass is 32.2. The van der Waals surface area contributed by atoms with Crippen molar-refractivity contribution in [2.45, 2.75) is 23.6 Å². The number of hydrogen-bond donors (Lipinski definition) is 2. The first kappa shape index (κ1) is 15.7. The molecular weight excluding hydrogens is 284 g/mol. The van der Waals surface area contributed by atoms with E-state index in [9.17, 15) is 13.9 Å². The fourth-order valence-electron chi connectivity index (χ4n) is 2.07. The molecule has 1 unspecified atom stereocenters. The summed E-state index contributed by atoms with van der Waals surface area (Å²) in [5, 5.41) is 12.7. The molecule has 1 saturated heterocycles. The Morgan fingerprint density at radius 1 is 1.35 bits per heavy atom. The van der Waals surface area contributed by atoms with Crippen molar-refractivity contribution in [1.29, 1.82) is 0 Å². The molecule has 0 radical (unpaired) electrons. The van der Waals surface area contributed by atoms with Crippen LogP contribution in [0, 0.1) is 5.41 Å². The Labute approximate surface area is 121 Å². The third kappa shape index (κ3) is 3.91. The Balaban J connectivity index is 1.87. The monoisotopic (exact) mass is 303 g/mol. The van der Waals surface area contributed by atoms with Crippen LogP contribution in [-0.2, 0) is 4.74 Å². The van der Waals surface area contributed by atoms with Gasteiger partial charge < -0.3 is 15.2 Å². The normalized spacial score (nSPS) is 18.9. The molecule has 3 nitrogen and oxygen atoms in total. The predicted octanol–water partition coefficient (Wildman–Crippen LogP) is 2.66. The van der Waals surface area contributed by atoms with Gasteiger partial charge in [0.2, 0.25) is 0 Å². The number of aliphatic hydroxyl groups excluding tert-OH is 1. The van der Waals surface area contributed by atoms with E-state index in [4.69, 9.17) is 4.74 Å². The van der Waals surface area contributed by atoms with Crippen LogP contribution in [0.2, 0.25) is 0 Å². The average Bonchev–Trinajstić information content (AvgIpc) is 2.38. The highest BCUT2D eigenvalue weighted by Gasteiger charge is 2.37. The van der Waals surface area contributed by atoms with E-state index in [2.05, 4.69) is 5.32 Å². The summed E-state index contributed by atoms with van der Waals surface area (Å²) in [6, 6.07) is 7.22. The number of ether oxygens (including phenoxy) is 1. The maximum absolute atomic E-state index is 12.2. The molecule has 6 heteroatoms. The summed E-state index contributed by atoms with van der Waals surface area (Å²) in [4.78, 5) is 0.565. The lowest BCUT2D eigenvalue weighted by atomic mass is 9.86. The van der Waals surface area contributed by atoms with Gasteiger partial charge in [0.05, 0.1) is 25.2 Å². The summed E-state index contributed by atoms with van der Waals surface area (Å²) >= 11 is 0.550. The van der Waals surface area contributed by atoms with Gasteiger partial charge in [0.25, 0.3) is 5.76 Å². The van der Waals surface area contributed by atoms with E-state index in [1.165, 1.54) is 0 Å². The van der Waals surface area contributed by atoms with Gasteiger partial charge in [0.1, 0.15) is 0 Å². The van der Waals surface area contributed by atoms with Gasteiger partial charge in [-0.3, -0.25) is 0 Å². The Bertz CT molecular complexity index is 418. The first-order valence-corrected chi connectivity index (χ1v) is 7.39. The quantitative estimate of drug-likeness (QED) is 0.760. The second kappa shape index (κ2) is 6.85. The molecular formula is C14H19F2NO2S. The van der Waals surface area contributed by atoms with Crippen molar-refractivity contribution in [3.8, 4) is 0 Å². The summed E-state index contributed by atoms with van der Waals surface area (Å²) in [5.74, 6) is -2.39. The summed E-state index contributed by atoms with van der Waals surface area (Å²) in [6.07, 6.45) is 0. The van der Waals surface area contributed by atoms with Crippen molar-refractivity contribution in [3.05, 3.63) is 29.8 Å². The molecule has 2 rings (SSSR count). The van der Waals surface area contributed by atoms with Crippen LogP contribution >= 0.6 is 11.8 Å². The van der Waals surface area contributed by atoms with Crippen molar-refractivity contribution in [3.63, 3.8) is 0 Å². The van der Waals surface area contributed by atoms with Gasteiger partial charge in [-0.25, -0.2) is 0 Å². The zero-order chi connectivity index (χ0) is 14.6. The third-order valence-electron chi connectivity index (χ3n) is 3.54. The minimum Gasteiger partial charge on any atom is -0.396 e. The molecule has 1 aliphatic heterocycles. The van der Waals surface area contributed by atoms with Gasteiger partial charge in [-0.05, 0) is 24.6 Å². The van der Waals surface area contributed by atoms with E-state index in [1.807, 2.05) is 19.1 Å². The second-order valence-electron chi connectivity index (χ2n) is 5.20. The average molecular weight is 303 g/mol. The molecule has 0 aromatic heterocycles. The molecule has 1 aromatic carbocycles. The molecule has 20 heavy (non-hydrogen) atoms. The van der Waals surface area contributed by atoms with Gasteiger partial charge >= 0.3 is 0 Å². The largest absolute Gasteiger partial charge is 0.396 e. The zero-order valence-corrected chi connectivity index (χ0v) is 12.1. The van der Waals surface area contributed by atoms with Gasteiger partial charge in [-0.15, -0.1) is 0 Å². The third-order valence-corrected chi connectivity index (χ3v) is 4.26. The molecule has 0 bridgehead atoms. The summed E-state index contributed by atoms with van der Waals surface area (Å²) in [6.45, 7) is 3.95. The fraction of sp³-hybridized carbons (Fsp3) is 0.571. The number of nitrogens with one attached hydrogen (secondary N) is 1. The van der Waals surface area contributed by atoms with E-state index < -0.39 is 5.76 Å². The summed E-state index contributed by atoms with van der Waals surface area (Å²) < 4.78 is 29.6. The number of aliphatic hydroxyl groups is 1. The SMILES string of the molecule is CC(NCC1(CO)COC1)c1ccc(SC(F)F)cc1. The highest BCUT2D eigenvalue weighted by molar-refractivity contribution is 7.99. The maximum Gasteiger partial charge on any atom is 0.288 e. The highest BCUT2D eigenvalue weighted by Crippen LogP contribution is 2.28. The fourth-order valence-corrected chi connectivity index (χ4v) is 2.56. The van der Waals surface area contributed by atoms with Crippen LogP contribution in [0.4, 0.5) is 8.78 Å². The second-order valence-corrected chi connectivity index (χ2v) is 6.26. The lowest BCUT2D eigenvalue weighted by molar-refractivity contribution is -0.135. The first-order valence-electron chi connectivity index (χ1n) is 6.51. The van der Waals surface area contributed by atoms with Crippen LogP contribution in [0.25, 0.3) is 0 Å². The van der Waals surface area contributed by atoms with Crippen LogP contribution in [0.3, 0.4) is 0 Å². The predicted molar refractivity (Wildman–Crippen MR) is 75.1 cm³/mol. The maximum atomic E-state index is 12.2. The van der Waals surface area contributed by atoms with Crippen LogP contribution < -0.4 is 5.32 Å². The molecule has 1 heterocycles. The Morgan fingerprint density at radius 3 is 2.45 bits per heavy atom. The van der Waals surface area contributed by atoms with Crippen molar-refractivity contribution in [2.75, 3.05) is 26.4 Å². The van der Waals surface area contributed by atoms with Crippen LogP contribution in [-0.4, -0.2) is 37.2 Å². The van der Waals surface area contributed by atoms with E-state index >= 15 is 0 Å². The molecule has 0 saturated carbocycles. The van der Waals surface area contributed by atoms with Gasteiger partial charge in [0, 0.05) is 17.5 Å². The molecule has 1 aromatic rings. The molecule has 2 N–H and O–H groups in total. The minimum atomic E-state index is -2.39. The smallest absolute Gasteiger partial charge is 0.288 e. The van der Waals surface area contributed by atoms with Crippen LogP contribution in [0.1, 0.15) is 18.5 Å². The summed E-state index contributed by atoms with van der Waals surface area (Å²) in [5.41, 5.74) is 0.872. The Morgan fingerprint density at radius 2 is 2.00 bits per heavy atom. The van der Waals surface area contributed by atoms with E-state index in [-0.39, 0.29) is 18.1 Å². The number of alkyl halides is 2. The van der Waals surface area contributed by atoms with Gasteiger partial charge in [0.15, 0.2) is 0 Å². The molecule has 1 fully saturated rings. The topological polar surface area (TPSA) is 41.5 Å². The molecule has 0 spiro atoms.